The Kier molecular flexibility index (Phi) is 5.48. The molecule has 1 aromatic heterocycles. The Morgan fingerprint density at radius 3 is 2.91 bits per heavy atom. The van der Waals surface area contributed by atoms with Crippen molar-refractivity contribution in [2.75, 3.05) is 6.61 Å². The summed E-state index contributed by atoms with van der Waals surface area (Å²) in [6.45, 7) is 6.34. The van der Waals surface area contributed by atoms with E-state index < -0.39 is 5.97 Å². The third-order valence-corrected chi connectivity index (χ3v) is 3.18. The minimum Gasteiger partial charge on any atom is -0.462 e. The molecule has 0 N–H and O–H groups in total. The van der Waals surface area contributed by atoms with E-state index in [1.165, 1.54) is 6.20 Å². The number of rotatable bonds is 5. The molecule has 1 heterocycles. The molecule has 2 aromatic rings. The first-order chi connectivity index (χ1) is 11.2. The number of fused-ring (bicyclic) bond motifs is 1. The fourth-order valence-corrected chi connectivity index (χ4v) is 2.15. The monoisotopic (exact) mass is 307 g/mol. The van der Waals surface area contributed by atoms with Crippen LogP contribution in [-0.4, -0.2) is 17.1 Å². The highest BCUT2D eigenvalue weighted by Crippen LogP contribution is 2.09. The van der Waals surface area contributed by atoms with Gasteiger partial charge in [0.2, 0.25) is 0 Å². The standard InChI is InChI=1S/C18H17N3O2/c1-3-10-21-11-9-16(15-7-5-6-8-17(15)21)20-13-14(12-19)18(22)23-4-2/h3,5-9,11,13H,1,4,10H2,2H3. The van der Waals surface area contributed by atoms with Crippen LogP contribution in [0.1, 0.15) is 6.92 Å². The molecule has 0 bridgehead atoms. The van der Waals surface area contributed by atoms with Crippen LogP contribution < -0.4 is 5.36 Å². The van der Waals surface area contributed by atoms with Crippen molar-refractivity contribution in [2.45, 2.75) is 13.5 Å². The molecule has 0 radical (unpaired) electrons. The second-order valence-corrected chi connectivity index (χ2v) is 4.66. The summed E-state index contributed by atoms with van der Waals surface area (Å²) >= 11 is 0. The molecule has 116 valence electrons. The smallest absolute Gasteiger partial charge is 0.350 e. The molecule has 0 amide bonds. The molecule has 23 heavy (non-hydrogen) atoms. The molecule has 0 aliphatic heterocycles. The maximum atomic E-state index is 11.6. The number of benzene rings is 1. The van der Waals surface area contributed by atoms with Crippen molar-refractivity contribution in [1.82, 2.24) is 4.57 Å². The number of ether oxygens (including phenoxy) is 1. The van der Waals surface area contributed by atoms with E-state index in [-0.39, 0.29) is 12.2 Å². The highest BCUT2D eigenvalue weighted by Gasteiger charge is 2.08. The molecule has 5 heteroatoms. The van der Waals surface area contributed by atoms with Crippen molar-refractivity contribution in [3.8, 4) is 6.07 Å². The van der Waals surface area contributed by atoms with Gasteiger partial charge in [-0.15, -0.1) is 6.58 Å². The van der Waals surface area contributed by atoms with Crippen molar-refractivity contribution in [1.29, 1.82) is 5.26 Å². The molecule has 0 fully saturated rings. The summed E-state index contributed by atoms with van der Waals surface area (Å²) in [7, 11) is 0. The quantitative estimate of drug-likeness (QED) is 0.369. The van der Waals surface area contributed by atoms with E-state index in [9.17, 15) is 4.79 Å². The molecular formula is C18H17N3O2. The molecule has 0 spiro atoms. The average Bonchev–Trinajstić information content (AvgIpc) is 2.57. The summed E-state index contributed by atoms with van der Waals surface area (Å²) in [6, 6.07) is 11.4. The van der Waals surface area contributed by atoms with Gasteiger partial charge in [-0.25, -0.2) is 4.79 Å². The van der Waals surface area contributed by atoms with E-state index in [1.54, 1.807) is 6.92 Å². The number of pyridine rings is 1. The predicted molar refractivity (Wildman–Crippen MR) is 88.0 cm³/mol. The number of carbonyl (C=O) groups excluding carboxylic acids is 1. The number of esters is 1. The maximum Gasteiger partial charge on any atom is 0.350 e. The second kappa shape index (κ2) is 7.76. The van der Waals surface area contributed by atoms with Crippen molar-refractivity contribution in [2.24, 2.45) is 4.99 Å². The highest BCUT2D eigenvalue weighted by molar-refractivity contribution is 5.92. The van der Waals surface area contributed by atoms with Crippen LogP contribution in [0.2, 0.25) is 0 Å². The van der Waals surface area contributed by atoms with Crippen molar-refractivity contribution in [3.05, 3.63) is 66.3 Å². The SMILES string of the molecule is C=CCn1ccc(=NC=C(C#N)C(=O)OCC)c2ccccc21. The lowest BCUT2D eigenvalue weighted by atomic mass is 10.2. The zero-order valence-corrected chi connectivity index (χ0v) is 12.9. The van der Waals surface area contributed by atoms with Gasteiger partial charge in [0, 0.05) is 18.1 Å². The van der Waals surface area contributed by atoms with Gasteiger partial charge in [-0.3, -0.25) is 4.99 Å². The number of hydrogen-bond acceptors (Lipinski definition) is 4. The van der Waals surface area contributed by atoms with Crippen LogP contribution in [-0.2, 0) is 16.1 Å². The van der Waals surface area contributed by atoms with E-state index in [4.69, 9.17) is 10.00 Å². The van der Waals surface area contributed by atoms with Crippen LogP contribution in [0.5, 0.6) is 0 Å². The summed E-state index contributed by atoms with van der Waals surface area (Å²) in [6.07, 6.45) is 4.96. The maximum absolute atomic E-state index is 11.6. The van der Waals surface area contributed by atoms with E-state index in [0.29, 0.717) is 11.9 Å². The Labute approximate surface area is 134 Å². The first-order valence-corrected chi connectivity index (χ1v) is 7.21. The molecule has 0 saturated heterocycles. The van der Waals surface area contributed by atoms with E-state index >= 15 is 0 Å². The third-order valence-electron chi connectivity index (χ3n) is 3.18. The Morgan fingerprint density at radius 1 is 1.43 bits per heavy atom. The molecule has 0 saturated carbocycles. The second-order valence-electron chi connectivity index (χ2n) is 4.66. The minimum atomic E-state index is -0.666. The zero-order chi connectivity index (χ0) is 16.7. The van der Waals surface area contributed by atoms with Crippen LogP contribution in [0, 0.1) is 11.3 Å². The number of nitriles is 1. The van der Waals surface area contributed by atoms with Crippen LogP contribution >= 0.6 is 0 Å². The highest BCUT2D eigenvalue weighted by atomic mass is 16.5. The third kappa shape index (κ3) is 3.74. The lowest BCUT2D eigenvalue weighted by Gasteiger charge is -2.08. The number of carbonyl (C=O) groups is 1. The van der Waals surface area contributed by atoms with E-state index in [2.05, 4.69) is 11.6 Å². The first kappa shape index (κ1) is 16.2. The van der Waals surface area contributed by atoms with Gasteiger partial charge in [0.15, 0.2) is 5.57 Å². The van der Waals surface area contributed by atoms with Gasteiger partial charge in [0.05, 0.1) is 23.7 Å². The van der Waals surface area contributed by atoms with E-state index in [0.717, 1.165) is 10.9 Å². The number of allylic oxidation sites excluding steroid dienone is 1. The van der Waals surface area contributed by atoms with Crippen LogP contribution in [0.3, 0.4) is 0 Å². The molecule has 5 nitrogen and oxygen atoms in total. The fraction of sp³-hybridized carbons (Fsp3) is 0.167. The van der Waals surface area contributed by atoms with Gasteiger partial charge in [-0.1, -0.05) is 24.3 Å². The van der Waals surface area contributed by atoms with Crippen LogP contribution in [0.15, 0.2) is 65.9 Å². The normalized spacial score (nSPS) is 12.0. The van der Waals surface area contributed by atoms with Crippen molar-refractivity contribution in [3.63, 3.8) is 0 Å². The first-order valence-electron chi connectivity index (χ1n) is 7.21. The molecule has 1 aromatic carbocycles. The topological polar surface area (TPSA) is 67.4 Å². The summed E-state index contributed by atoms with van der Waals surface area (Å²) in [4.78, 5) is 15.9. The molecule has 0 atom stereocenters. The van der Waals surface area contributed by atoms with Crippen molar-refractivity contribution < 1.29 is 9.53 Å². The fourth-order valence-electron chi connectivity index (χ4n) is 2.15. The Morgan fingerprint density at radius 2 is 2.22 bits per heavy atom. The van der Waals surface area contributed by atoms with Gasteiger partial charge >= 0.3 is 5.97 Å². The molecular weight excluding hydrogens is 290 g/mol. The summed E-state index contributed by atoms with van der Waals surface area (Å²) in [5.41, 5.74) is 0.871. The molecule has 2 rings (SSSR count). The lowest BCUT2D eigenvalue weighted by Crippen LogP contribution is -2.09. The average molecular weight is 307 g/mol. The van der Waals surface area contributed by atoms with Gasteiger partial charge in [-0.2, -0.15) is 5.26 Å². The molecule has 0 aliphatic rings. The largest absolute Gasteiger partial charge is 0.462 e. The molecule has 0 aliphatic carbocycles. The summed E-state index contributed by atoms with van der Waals surface area (Å²) in [5.74, 6) is -0.666. The Balaban J connectivity index is 2.56. The summed E-state index contributed by atoms with van der Waals surface area (Å²) in [5, 5.41) is 10.6. The van der Waals surface area contributed by atoms with Crippen LogP contribution in [0.25, 0.3) is 10.9 Å². The van der Waals surface area contributed by atoms with Crippen LogP contribution in [0.4, 0.5) is 0 Å². The number of nitrogens with zero attached hydrogens (tertiary/aromatic N) is 3. The van der Waals surface area contributed by atoms with Gasteiger partial charge < -0.3 is 9.30 Å². The van der Waals surface area contributed by atoms with Gasteiger partial charge in [0.25, 0.3) is 0 Å². The Hall–Kier alpha value is -3.13. The summed E-state index contributed by atoms with van der Waals surface area (Å²) < 4.78 is 6.86. The number of para-hydroxylation sites is 1. The number of hydrogen-bond donors (Lipinski definition) is 0. The minimum absolute atomic E-state index is 0.126. The van der Waals surface area contributed by atoms with Gasteiger partial charge in [-0.05, 0) is 19.1 Å². The zero-order valence-electron chi connectivity index (χ0n) is 12.9. The van der Waals surface area contributed by atoms with E-state index in [1.807, 2.05) is 53.2 Å². The van der Waals surface area contributed by atoms with Gasteiger partial charge in [0.1, 0.15) is 6.07 Å². The molecule has 0 unspecified atom stereocenters. The predicted octanol–water partition coefficient (Wildman–Crippen LogP) is 2.70. The van der Waals surface area contributed by atoms with Crippen molar-refractivity contribution >= 4 is 16.9 Å². The lowest BCUT2D eigenvalue weighted by molar-refractivity contribution is -0.138. The number of aromatic nitrogens is 1. The Bertz CT molecular complexity index is 870.